The summed E-state index contributed by atoms with van der Waals surface area (Å²) in [6.07, 6.45) is 4.56. The Hall–Kier alpha value is -3.00. The predicted octanol–water partition coefficient (Wildman–Crippen LogP) is 1.71. The van der Waals surface area contributed by atoms with Gasteiger partial charge in [0.05, 0.1) is 0 Å². The first kappa shape index (κ1) is 23.2. The van der Waals surface area contributed by atoms with E-state index >= 15 is 0 Å². The number of anilines is 1. The topological polar surface area (TPSA) is 81.7 Å². The van der Waals surface area contributed by atoms with Crippen LogP contribution in [0.1, 0.15) is 31.4 Å². The average Bonchev–Trinajstić information content (AvgIpc) is 2.83. The quantitative estimate of drug-likeness (QED) is 0.692. The van der Waals surface area contributed by atoms with Gasteiger partial charge in [0, 0.05) is 71.0 Å². The zero-order valence-corrected chi connectivity index (χ0v) is 19.6. The van der Waals surface area contributed by atoms with Crippen LogP contribution in [-0.2, 0) is 22.6 Å². The molecule has 1 saturated heterocycles. The Balaban J connectivity index is 1.30. The maximum atomic E-state index is 13.1. The molecule has 0 bridgehead atoms. The average molecular weight is 451 g/mol. The Labute approximate surface area is 196 Å². The molecular weight excluding hydrogens is 416 g/mol. The Morgan fingerprint density at radius 3 is 2.42 bits per heavy atom. The molecule has 33 heavy (non-hydrogen) atoms. The molecule has 1 fully saturated rings. The van der Waals surface area contributed by atoms with E-state index in [4.69, 9.17) is 0 Å². The second-order valence-corrected chi connectivity index (χ2v) is 9.28. The number of hydrogen-bond acceptors (Lipinski definition) is 6. The third-order valence-corrected chi connectivity index (χ3v) is 6.39. The summed E-state index contributed by atoms with van der Waals surface area (Å²) in [5, 5.41) is 3.10. The zero-order valence-electron chi connectivity index (χ0n) is 19.6. The number of carbonyl (C=O) groups is 2. The van der Waals surface area contributed by atoms with Crippen LogP contribution in [0, 0.1) is 5.92 Å². The number of benzene rings is 1. The van der Waals surface area contributed by atoms with Crippen molar-refractivity contribution in [3.05, 3.63) is 53.9 Å². The Kier molecular flexibility index (Phi) is 7.54. The van der Waals surface area contributed by atoms with E-state index in [1.54, 1.807) is 17.3 Å². The molecule has 0 aliphatic carbocycles. The van der Waals surface area contributed by atoms with Gasteiger partial charge < -0.3 is 15.1 Å². The summed E-state index contributed by atoms with van der Waals surface area (Å²) in [7, 11) is 0. The summed E-state index contributed by atoms with van der Waals surface area (Å²) >= 11 is 0. The fourth-order valence-electron chi connectivity index (χ4n) is 4.57. The predicted molar refractivity (Wildman–Crippen MR) is 128 cm³/mol. The van der Waals surface area contributed by atoms with Crippen LogP contribution in [0.4, 0.5) is 5.95 Å². The van der Waals surface area contributed by atoms with Crippen molar-refractivity contribution in [2.45, 2.75) is 39.3 Å². The highest BCUT2D eigenvalue weighted by Crippen LogP contribution is 2.25. The van der Waals surface area contributed by atoms with E-state index in [0.29, 0.717) is 25.9 Å². The van der Waals surface area contributed by atoms with Crippen molar-refractivity contribution in [3.63, 3.8) is 0 Å². The molecule has 8 nitrogen and oxygen atoms in total. The van der Waals surface area contributed by atoms with E-state index in [2.05, 4.69) is 37.2 Å². The summed E-state index contributed by atoms with van der Waals surface area (Å²) in [5.74, 6) is 1.03. The molecule has 0 spiro atoms. The molecule has 3 heterocycles. The molecule has 4 rings (SSSR count). The number of carbonyl (C=O) groups excluding carboxylic acids is 2. The molecule has 1 atom stereocenters. The summed E-state index contributed by atoms with van der Waals surface area (Å²) in [5.41, 5.74) is 2.30. The van der Waals surface area contributed by atoms with Gasteiger partial charge >= 0.3 is 0 Å². The minimum atomic E-state index is -0.446. The Bertz CT molecular complexity index is 943. The lowest BCUT2D eigenvalue weighted by molar-refractivity contribution is -0.142. The lowest BCUT2D eigenvalue weighted by atomic mass is 9.92. The number of piperazine rings is 1. The van der Waals surface area contributed by atoms with Crippen molar-refractivity contribution in [2.24, 2.45) is 5.92 Å². The van der Waals surface area contributed by atoms with E-state index < -0.39 is 6.04 Å². The van der Waals surface area contributed by atoms with Gasteiger partial charge in [-0.3, -0.25) is 14.5 Å². The molecule has 1 aromatic carbocycles. The molecule has 1 N–H and O–H groups in total. The first-order valence-corrected chi connectivity index (χ1v) is 11.9. The van der Waals surface area contributed by atoms with E-state index in [9.17, 15) is 9.59 Å². The van der Waals surface area contributed by atoms with Crippen LogP contribution in [-0.4, -0.2) is 76.9 Å². The minimum Gasteiger partial charge on any atom is -0.353 e. The van der Waals surface area contributed by atoms with Gasteiger partial charge in [-0.1, -0.05) is 38.1 Å². The van der Waals surface area contributed by atoms with Crippen molar-refractivity contribution in [1.29, 1.82) is 0 Å². The highest BCUT2D eigenvalue weighted by Gasteiger charge is 2.34. The maximum Gasteiger partial charge on any atom is 0.243 e. The van der Waals surface area contributed by atoms with Crippen LogP contribution >= 0.6 is 0 Å². The van der Waals surface area contributed by atoms with Gasteiger partial charge in [-0.15, -0.1) is 0 Å². The van der Waals surface area contributed by atoms with E-state index in [-0.39, 0.29) is 17.7 Å². The number of amides is 2. The SMILES string of the molecule is CC(C)CC(=O)N1Cc2ccccc2CC1C(=O)NCCN1CCN(c2ncccn2)CC1. The standard InChI is InChI=1S/C25H34N6O2/c1-19(2)16-23(32)31-18-21-7-4-3-6-20(21)17-22(31)24(33)26-10-11-29-12-14-30(15-13-29)25-27-8-5-9-28-25/h3-9,19,22H,10-18H2,1-2H3,(H,26,33). The number of hydrogen-bond donors (Lipinski definition) is 1. The third kappa shape index (κ3) is 5.87. The van der Waals surface area contributed by atoms with Crippen LogP contribution in [0.2, 0.25) is 0 Å². The molecule has 2 amide bonds. The lowest BCUT2D eigenvalue weighted by Crippen LogP contribution is -2.54. The van der Waals surface area contributed by atoms with Crippen LogP contribution in [0.25, 0.3) is 0 Å². The second kappa shape index (κ2) is 10.7. The second-order valence-electron chi connectivity index (χ2n) is 9.28. The van der Waals surface area contributed by atoms with E-state index in [0.717, 1.165) is 49.8 Å². The number of nitrogens with zero attached hydrogens (tertiary/aromatic N) is 5. The lowest BCUT2D eigenvalue weighted by Gasteiger charge is -2.37. The van der Waals surface area contributed by atoms with Crippen molar-refractivity contribution in [3.8, 4) is 0 Å². The monoisotopic (exact) mass is 450 g/mol. The molecule has 0 radical (unpaired) electrons. The van der Waals surface area contributed by atoms with Crippen molar-refractivity contribution in [2.75, 3.05) is 44.2 Å². The molecular formula is C25H34N6O2. The number of aromatic nitrogens is 2. The molecule has 2 aliphatic heterocycles. The summed E-state index contributed by atoms with van der Waals surface area (Å²) in [6, 6.07) is 9.49. The largest absolute Gasteiger partial charge is 0.353 e. The molecule has 0 saturated carbocycles. The van der Waals surface area contributed by atoms with Crippen molar-refractivity contribution < 1.29 is 9.59 Å². The van der Waals surface area contributed by atoms with Gasteiger partial charge in [0.2, 0.25) is 17.8 Å². The smallest absolute Gasteiger partial charge is 0.243 e. The van der Waals surface area contributed by atoms with Gasteiger partial charge in [0.15, 0.2) is 0 Å². The molecule has 2 aromatic rings. The van der Waals surface area contributed by atoms with Gasteiger partial charge in [-0.05, 0) is 23.1 Å². The Morgan fingerprint density at radius 1 is 1.03 bits per heavy atom. The number of fused-ring (bicyclic) bond motifs is 1. The fraction of sp³-hybridized carbons (Fsp3) is 0.520. The minimum absolute atomic E-state index is 0.0545. The highest BCUT2D eigenvalue weighted by atomic mass is 16.2. The number of nitrogens with one attached hydrogen (secondary N) is 1. The molecule has 2 aliphatic rings. The van der Waals surface area contributed by atoms with Crippen molar-refractivity contribution >= 4 is 17.8 Å². The van der Waals surface area contributed by atoms with Gasteiger partial charge in [0.25, 0.3) is 0 Å². The zero-order chi connectivity index (χ0) is 23.2. The van der Waals surface area contributed by atoms with Crippen molar-refractivity contribution in [1.82, 2.24) is 25.1 Å². The third-order valence-electron chi connectivity index (χ3n) is 6.39. The van der Waals surface area contributed by atoms with Crippen LogP contribution < -0.4 is 10.2 Å². The normalized spacial score (nSPS) is 18.8. The summed E-state index contributed by atoms with van der Waals surface area (Å²) < 4.78 is 0. The summed E-state index contributed by atoms with van der Waals surface area (Å²) in [4.78, 5) is 41.0. The van der Waals surface area contributed by atoms with Crippen LogP contribution in [0.15, 0.2) is 42.7 Å². The van der Waals surface area contributed by atoms with E-state index in [1.807, 2.05) is 32.0 Å². The highest BCUT2D eigenvalue weighted by molar-refractivity contribution is 5.88. The van der Waals surface area contributed by atoms with Gasteiger partial charge in [0.1, 0.15) is 6.04 Å². The fourth-order valence-corrected chi connectivity index (χ4v) is 4.57. The first-order valence-electron chi connectivity index (χ1n) is 11.9. The van der Waals surface area contributed by atoms with Crippen LogP contribution in [0.3, 0.4) is 0 Å². The molecule has 8 heteroatoms. The maximum absolute atomic E-state index is 13.1. The van der Waals surface area contributed by atoms with Crippen LogP contribution in [0.5, 0.6) is 0 Å². The van der Waals surface area contributed by atoms with Gasteiger partial charge in [-0.25, -0.2) is 9.97 Å². The Morgan fingerprint density at radius 2 is 1.73 bits per heavy atom. The first-order chi connectivity index (χ1) is 16.0. The molecule has 1 unspecified atom stereocenters. The van der Waals surface area contributed by atoms with E-state index in [1.165, 1.54) is 0 Å². The van der Waals surface area contributed by atoms with Gasteiger partial charge in [-0.2, -0.15) is 0 Å². The molecule has 1 aromatic heterocycles. The number of rotatable bonds is 7. The summed E-state index contributed by atoms with van der Waals surface area (Å²) in [6.45, 7) is 9.49. The molecule has 176 valence electrons.